The van der Waals surface area contributed by atoms with Crippen LogP contribution in [0, 0.1) is 0 Å². The third kappa shape index (κ3) is 6.57. The van der Waals surface area contributed by atoms with Gasteiger partial charge >= 0.3 is 11.9 Å². The summed E-state index contributed by atoms with van der Waals surface area (Å²) in [5.41, 5.74) is 0. The summed E-state index contributed by atoms with van der Waals surface area (Å²) >= 11 is 4.74. The van der Waals surface area contributed by atoms with Gasteiger partial charge in [0.25, 0.3) is 0 Å². The molecule has 0 atom stereocenters. The minimum atomic E-state index is -2.21. The minimum absolute atomic E-state index is 0. The molecule has 29 heavy (non-hydrogen) atoms. The molecule has 152 valence electrons. The standard InChI is InChI=1S/C20H17O2P.C2H3ClO2.ClH/c21-20(22)16-23(17-10-4-1-5-11-17,18-12-6-2-7-13-18)19-14-8-3-9-15-19;3-1-2(4)5;/h1-15H,16H2;1H2,(H,4,5);1H. The number of halogens is 2. The zero-order valence-electron chi connectivity index (χ0n) is 15.5. The van der Waals surface area contributed by atoms with E-state index in [1.165, 1.54) is 0 Å². The number of benzene rings is 3. The summed E-state index contributed by atoms with van der Waals surface area (Å²) in [6.45, 7) is 0. The molecule has 0 aliphatic rings. The molecule has 0 radical (unpaired) electrons. The maximum atomic E-state index is 11.8. The van der Waals surface area contributed by atoms with E-state index in [1.807, 2.05) is 54.6 Å². The van der Waals surface area contributed by atoms with Crippen molar-refractivity contribution in [3.05, 3.63) is 91.0 Å². The molecule has 3 rings (SSSR count). The van der Waals surface area contributed by atoms with Crippen LogP contribution in [0.4, 0.5) is 0 Å². The van der Waals surface area contributed by atoms with E-state index in [0.717, 1.165) is 15.9 Å². The SMILES string of the molecule is O=C(O)CCl.O=C(O)C[P+](c1ccccc1)(c1ccccc1)c1ccccc1.[Cl-]. The lowest BCUT2D eigenvalue weighted by molar-refractivity contribution is -0.135. The normalized spacial score (nSPS) is 10.1. The molecule has 0 unspecified atom stereocenters. The molecule has 7 heteroatoms. The number of alkyl halides is 1. The molecule has 4 nitrogen and oxygen atoms in total. The van der Waals surface area contributed by atoms with E-state index in [4.69, 9.17) is 16.7 Å². The van der Waals surface area contributed by atoms with Crippen molar-refractivity contribution in [3.8, 4) is 0 Å². The molecule has 0 aliphatic heterocycles. The van der Waals surface area contributed by atoms with Crippen molar-refractivity contribution in [2.75, 3.05) is 12.0 Å². The largest absolute Gasteiger partial charge is 1.00 e. The highest BCUT2D eigenvalue weighted by Crippen LogP contribution is 2.54. The molecule has 3 aromatic rings. The Hall–Kier alpha value is -2.39. The van der Waals surface area contributed by atoms with E-state index in [0.29, 0.717) is 0 Å². The Labute approximate surface area is 181 Å². The average molecular weight is 451 g/mol. The van der Waals surface area contributed by atoms with Gasteiger partial charge in [-0.05, 0) is 36.4 Å². The highest BCUT2D eigenvalue weighted by atomic mass is 35.5. The maximum absolute atomic E-state index is 11.8. The van der Waals surface area contributed by atoms with Gasteiger partial charge in [0.2, 0.25) is 0 Å². The van der Waals surface area contributed by atoms with Crippen LogP contribution in [0.15, 0.2) is 91.0 Å². The van der Waals surface area contributed by atoms with Crippen LogP contribution < -0.4 is 28.3 Å². The number of rotatable bonds is 6. The molecular weight excluding hydrogens is 430 g/mol. The second-order valence-corrected chi connectivity index (χ2v) is 9.65. The second kappa shape index (κ2) is 12.2. The van der Waals surface area contributed by atoms with Crippen LogP contribution >= 0.6 is 18.9 Å². The molecule has 2 N–H and O–H groups in total. The Kier molecular flexibility index (Phi) is 10.4. The van der Waals surface area contributed by atoms with E-state index in [2.05, 4.69) is 36.4 Å². The fourth-order valence-corrected chi connectivity index (χ4v) is 6.86. The molecule has 0 aromatic heterocycles. The number of carboxylic acid groups (broad SMARTS) is 2. The molecule has 0 aliphatic carbocycles. The van der Waals surface area contributed by atoms with Crippen molar-refractivity contribution in [2.24, 2.45) is 0 Å². The molecular formula is C22H21Cl2O4P. The number of hydrogen-bond acceptors (Lipinski definition) is 2. The highest BCUT2D eigenvalue weighted by Gasteiger charge is 2.47. The zero-order chi connectivity index (χ0) is 20.4. The zero-order valence-corrected chi connectivity index (χ0v) is 17.9. The molecule has 0 saturated heterocycles. The maximum Gasteiger partial charge on any atom is 0.342 e. The Morgan fingerprint density at radius 3 is 1.14 bits per heavy atom. The summed E-state index contributed by atoms with van der Waals surface area (Å²) in [5.74, 6) is -2.05. The van der Waals surface area contributed by atoms with Gasteiger partial charge in [-0.3, -0.25) is 4.79 Å². The second-order valence-electron chi connectivity index (χ2n) is 5.90. The van der Waals surface area contributed by atoms with E-state index in [-0.39, 0.29) is 24.4 Å². The number of aliphatic carboxylic acids is 2. The van der Waals surface area contributed by atoms with Crippen LogP contribution in [0.2, 0.25) is 0 Å². The van der Waals surface area contributed by atoms with Crippen molar-refractivity contribution < 1.29 is 32.2 Å². The molecule has 0 heterocycles. The van der Waals surface area contributed by atoms with Gasteiger partial charge in [0, 0.05) is 0 Å². The lowest BCUT2D eigenvalue weighted by Gasteiger charge is -2.25. The average Bonchev–Trinajstić information content (AvgIpc) is 2.74. The van der Waals surface area contributed by atoms with Gasteiger partial charge < -0.3 is 22.6 Å². The first-order valence-corrected chi connectivity index (χ1v) is 11.1. The van der Waals surface area contributed by atoms with Gasteiger partial charge in [0.1, 0.15) is 29.1 Å². The van der Waals surface area contributed by atoms with Crippen LogP contribution in [0.5, 0.6) is 0 Å². The van der Waals surface area contributed by atoms with Crippen molar-refractivity contribution in [3.63, 3.8) is 0 Å². The van der Waals surface area contributed by atoms with Crippen LogP contribution in [-0.4, -0.2) is 34.2 Å². The molecule has 0 saturated carbocycles. The summed E-state index contributed by atoms with van der Waals surface area (Å²) in [5, 5.41) is 20.5. The predicted molar refractivity (Wildman–Crippen MR) is 116 cm³/mol. The first kappa shape index (κ1) is 24.6. The predicted octanol–water partition coefficient (Wildman–Crippen LogP) is 0.379. The van der Waals surface area contributed by atoms with Crippen molar-refractivity contribution >= 4 is 46.7 Å². The van der Waals surface area contributed by atoms with Gasteiger partial charge in [0.05, 0.1) is 0 Å². The van der Waals surface area contributed by atoms with E-state index < -0.39 is 19.2 Å². The van der Waals surface area contributed by atoms with E-state index >= 15 is 0 Å². The van der Waals surface area contributed by atoms with Crippen molar-refractivity contribution in [1.29, 1.82) is 0 Å². The van der Waals surface area contributed by atoms with Gasteiger partial charge in [-0.1, -0.05) is 54.6 Å². The number of carbonyl (C=O) groups is 2. The molecule has 0 fully saturated rings. The minimum Gasteiger partial charge on any atom is -1.00 e. The van der Waals surface area contributed by atoms with Gasteiger partial charge in [-0.15, -0.1) is 11.6 Å². The summed E-state index contributed by atoms with van der Waals surface area (Å²) in [6, 6.07) is 30.1. The lowest BCUT2D eigenvalue weighted by Crippen LogP contribution is -3.00. The fourth-order valence-electron chi connectivity index (χ4n) is 2.97. The van der Waals surface area contributed by atoms with Crippen LogP contribution in [0.3, 0.4) is 0 Å². The topological polar surface area (TPSA) is 74.6 Å². The smallest absolute Gasteiger partial charge is 0.342 e. The third-order valence-corrected chi connectivity index (χ3v) is 8.59. The van der Waals surface area contributed by atoms with Gasteiger partial charge in [0.15, 0.2) is 6.16 Å². The molecule has 0 amide bonds. The summed E-state index contributed by atoms with van der Waals surface area (Å²) in [6.07, 6.45) is 0.116. The highest BCUT2D eigenvalue weighted by molar-refractivity contribution is 7.96. The fraction of sp³-hybridized carbons (Fsp3) is 0.0909. The summed E-state index contributed by atoms with van der Waals surface area (Å²) in [4.78, 5) is 21.0. The third-order valence-electron chi connectivity index (χ3n) is 4.08. The Morgan fingerprint density at radius 2 is 0.931 bits per heavy atom. The molecule has 0 bridgehead atoms. The first-order valence-electron chi connectivity index (χ1n) is 8.55. The lowest BCUT2D eigenvalue weighted by atomic mass is 10.4. The van der Waals surface area contributed by atoms with Crippen LogP contribution in [0.1, 0.15) is 0 Å². The van der Waals surface area contributed by atoms with Crippen molar-refractivity contribution in [2.45, 2.75) is 0 Å². The number of hydrogen-bond donors (Lipinski definition) is 2. The Bertz CT molecular complexity index is 794. The monoisotopic (exact) mass is 450 g/mol. The summed E-state index contributed by atoms with van der Waals surface area (Å²) in [7, 11) is -2.21. The van der Waals surface area contributed by atoms with Gasteiger partial charge in [-0.25, -0.2) is 4.79 Å². The van der Waals surface area contributed by atoms with E-state index in [1.54, 1.807) is 0 Å². The Morgan fingerprint density at radius 1 is 0.655 bits per heavy atom. The van der Waals surface area contributed by atoms with Crippen LogP contribution in [-0.2, 0) is 9.59 Å². The van der Waals surface area contributed by atoms with Gasteiger partial charge in [-0.2, -0.15) is 0 Å². The van der Waals surface area contributed by atoms with Crippen molar-refractivity contribution in [1.82, 2.24) is 0 Å². The number of carboxylic acids is 2. The Balaban J connectivity index is 0.000000628. The quantitative estimate of drug-likeness (QED) is 0.420. The van der Waals surface area contributed by atoms with E-state index in [9.17, 15) is 14.7 Å². The first-order chi connectivity index (χ1) is 13.5. The molecule has 0 spiro atoms. The molecule has 3 aromatic carbocycles. The summed E-state index contributed by atoms with van der Waals surface area (Å²) < 4.78 is 0. The van der Waals surface area contributed by atoms with Crippen LogP contribution in [0.25, 0.3) is 0 Å².